The fourth-order valence-electron chi connectivity index (χ4n) is 3.62. The molecular formula is C16H22OS. The molecule has 2 aliphatic carbocycles. The van der Waals surface area contributed by atoms with Crippen LogP contribution in [-0.2, 0) is 0 Å². The van der Waals surface area contributed by atoms with Gasteiger partial charge in [-0.1, -0.05) is 43.9 Å². The summed E-state index contributed by atoms with van der Waals surface area (Å²) in [4.78, 5) is 1.30. The van der Waals surface area contributed by atoms with E-state index in [1.165, 1.54) is 37.0 Å². The van der Waals surface area contributed by atoms with Crippen molar-refractivity contribution in [3.8, 4) is 0 Å². The predicted molar refractivity (Wildman–Crippen MR) is 76.8 cm³/mol. The molecule has 1 nitrogen and oxygen atoms in total. The van der Waals surface area contributed by atoms with Crippen molar-refractivity contribution >= 4 is 11.8 Å². The first-order chi connectivity index (χ1) is 8.83. The molecule has 98 valence electrons. The van der Waals surface area contributed by atoms with Crippen LogP contribution in [0.3, 0.4) is 0 Å². The SMILES string of the molecule is OC1C[C@H]2CCCC[C@@H]2C[C@H]1Sc1ccccc1. The lowest BCUT2D eigenvalue weighted by atomic mass is 9.70. The molecule has 0 spiro atoms. The Bertz CT molecular complexity index is 378. The van der Waals surface area contributed by atoms with Crippen molar-refractivity contribution < 1.29 is 5.11 Å². The standard InChI is InChI=1S/C16H22OS/c17-15-10-12-6-4-5-7-13(12)11-16(15)18-14-8-2-1-3-9-14/h1-3,8-9,12-13,15-17H,4-7,10-11H2/t12-,13-,15?,16-/m1/s1. The second-order valence-corrected chi connectivity index (χ2v) is 7.13. The van der Waals surface area contributed by atoms with Gasteiger partial charge in [0.1, 0.15) is 0 Å². The lowest BCUT2D eigenvalue weighted by Crippen LogP contribution is -2.38. The molecule has 4 atom stereocenters. The molecule has 0 amide bonds. The van der Waals surface area contributed by atoms with Gasteiger partial charge < -0.3 is 5.11 Å². The average molecular weight is 262 g/mol. The maximum absolute atomic E-state index is 10.3. The van der Waals surface area contributed by atoms with Gasteiger partial charge in [0.15, 0.2) is 0 Å². The van der Waals surface area contributed by atoms with Crippen LogP contribution >= 0.6 is 11.8 Å². The Morgan fingerprint density at radius 1 is 0.944 bits per heavy atom. The molecular weight excluding hydrogens is 240 g/mol. The fourth-order valence-corrected chi connectivity index (χ4v) is 4.90. The second kappa shape index (κ2) is 5.66. The second-order valence-electron chi connectivity index (χ2n) is 5.81. The van der Waals surface area contributed by atoms with Gasteiger partial charge in [-0.05, 0) is 36.8 Å². The van der Waals surface area contributed by atoms with E-state index in [-0.39, 0.29) is 6.10 Å². The van der Waals surface area contributed by atoms with Crippen LogP contribution in [0.4, 0.5) is 0 Å². The van der Waals surface area contributed by atoms with Crippen LogP contribution < -0.4 is 0 Å². The van der Waals surface area contributed by atoms with Crippen molar-refractivity contribution in [3.63, 3.8) is 0 Å². The van der Waals surface area contributed by atoms with Gasteiger partial charge in [0.05, 0.1) is 6.10 Å². The molecule has 2 heteroatoms. The Morgan fingerprint density at radius 2 is 1.61 bits per heavy atom. The quantitative estimate of drug-likeness (QED) is 0.865. The summed E-state index contributed by atoms with van der Waals surface area (Å²) >= 11 is 1.88. The first kappa shape index (κ1) is 12.6. The molecule has 1 aromatic carbocycles. The highest BCUT2D eigenvalue weighted by Crippen LogP contribution is 2.45. The number of rotatable bonds is 2. The molecule has 0 aromatic heterocycles. The zero-order chi connectivity index (χ0) is 12.4. The highest BCUT2D eigenvalue weighted by molar-refractivity contribution is 8.00. The summed E-state index contributed by atoms with van der Waals surface area (Å²) in [6, 6.07) is 10.5. The van der Waals surface area contributed by atoms with Crippen molar-refractivity contribution in [1.29, 1.82) is 0 Å². The third kappa shape index (κ3) is 2.75. The lowest BCUT2D eigenvalue weighted by Gasteiger charge is -2.41. The maximum atomic E-state index is 10.3. The predicted octanol–water partition coefficient (Wildman–Crippen LogP) is 4.11. The van der Waals surface area contributed by atoms with E-state index in [2.05, 4.69) is 30.3 Å². The molecule has 0 saturated heterocycles. The van der Waals surface area contributed by atoms with Gasteiger partial charge in [0.25, 0.3) is 0 Å². The van der Waals surface area contributed by atoms with E-state index in [9.17, 15) is 5.11 Å². The smallest absolute Gasteiger partial charge is 0.0665 e. The number of benzene rings is 1. The van der Waals surface area contributed by atoms with Crippen LogP contribution in [0, 0.1) is 11.8 Å². The third-order valence-electron chi connectivity index (χ3n) is 4.61. The van der Waals surface area contributed by atoms with Crippen molar-refractivity contribution in [2.75, 3.05) is 0 Å². The van der Waals surface area contributed by atoms with E-state index in [0.29, 0.717) is 5.25 Å². The summed E-state index contributed by atoms with van der Waals surface area (Å²) in [5.74, 6) is 1.68. The minimum Gasteiger partial charge on any atom is -0.392 e. The molecule has 18 heavy (non-hydrogen) atoms. The van der Waals surface area contributed by atoms with E-state index in [1.807, 2.05) is 11.8 Å². The maximum Gasteiger partial charge on any atom is 0.0665 e. The molecule has 2 saturated carbocycles. The van der Waals surface area contributed by atoms with E-state index in [0.717, 1.165) is 18.3 Å². The van der Waals surface area contributed by atoms with Gasteiger partial charge in [0.2, 0.25) is 0 Å². The monoisotopic (exact) mass is 262 g/mol. The van der Waals surface area contributed by atoms with E-state index in [1.54, 1.807) is 0 Å². The summed E-state index contributed by atoms with van der Waals surface area (Å²) in [5.41, 5.74) is 0. The Balaban J connectivity index is 1.65. The number of aliphatic hydroxyl groups excluding tert-OH is 1. The summed E-state index contributed by atoms with van der Waals surface area (Å²) in [5, 5.41) is 10.8. The van der Waals surface area contributed by atoms with Crippen LogP contribution in [-0.4, -0.2) is 16.5 Å². The number of hydrogen-bond donors (Lipinski definition) is 1. The summed E-state index contributed by atoms with van der Waals surface area (Å²) in [7, 11) is 0. The molecule has 1 N–H and O–H groups in total. The summed E-state index contributed by atoms with van der Waals surface area (Å²) in [6.45, 7) is 0. The molecule has 2 aliphatic rings. The first-order valence-electron chi connectivity index (χ1n) is 7.22. The van der Waals surface area contributed by atoms with Gasteiger partial charge >= 0.3 is 0 Å². The number of fused-ring (bicyclic) bond motifs is 1. The van der Waals surface area contributed by atoms with Crippen molar-refractivity contribution in [2.24, 2.45) is 11.8 Å². The molecule has 0 aliphatic heterocycles. The van der Waals surface area contributed by atoms with E-state index in [4.69, 9.17) is 0 Å². The zero-order valence-corrected chi connectivity index (χ0v) is 11.6. The van der Waals surface area contributed by atoms with Gasteiger partial charge in [0, 0.05) is 10.1 Å². The van der Waals surface area contributed by atoms with Crippen LogP contribution in [0.25, 0.3) is 0 Å². The average Bonchev–Trinajstić information content (AvgIpc) is 2.41. The lowest BCUT2D eigenvalue weighted by molar-refractivity contribution is 0.0549. The minimum atomic E-state index is -0.102. The Labute approximate surface area is 114 Å². The number of thioether (sulfide) groups is 1. The zero-order valence-electron chi connectivity index (χ0n) is 10.8. The van der Waals surface area contributed by atoms with Crippen LogP contribution in [0.5, 0.6) is 0 Å². The third-order valence-corrected chi connectivity index (χ3v) is 5.96. The van der Waals surface area contributed by atoms with Crippen molar-refractivity contribution in [1.82, 2.24) is 0 Å². The number of hydrogen-bond acceptors (Lipinski definition) is 2. The van der Waals surface area contributed by atoms with E-state index >= 15 is 0 Å². The molecule has 1 aromatic rings. The Kier molecular flexibility index (Phi) is 3.95. The van der Waals surface area contributed by atoms with E-state index < -0.39 is 0 Å². The molecule has 0 bridgehead atoms. The molecule has 1 unspecified atom stereocenters. The summed E-state index contributed by atoms with van der Waals surface area (Å²) < 4.78 is 0. The molecule has 2 fully saturated rings. The van der Waals surface area contributed by atoms with Gasteiger partial charge in [-0.15, -0.1) is 11.8 Å². The fraction of sp³-hybridized carbons (Fsp3) is 0.625. The van der Waals surface area contributed by atoms with Crippen LogP contribution in [0.15, 0.2) is 35.2 Å². The molecule has 0 heterocycles. The van der Waals surface area contributed by atoms with Crippen molar-refractivity contribution in [2.45, 2.75) is 54.8 Å². The van der Waals surface area contributed by atoms with Crippen molar-refractivity contribution in [3.05, 3.63) is 30.3 Å². The molecule has 0 radical (unpaired) electrons. The Hall–Kier alpha value is -0.470. The topological polar surface area (TPSA) is 20.2 Å². The highest BCUT2D eigenvalue weighted by Gasteiger charge is 2.37. The largest absolute Gasteiger partial charge is 0.392 e. The summed E-state index contributed by atoms with van der Waals surface area (Å²) in [6.07, 6.45) is 7.67. The van der Waals surface area contributed by atoms with Gasteiger partial charge in [-0.3, -0.25) is 0 Å². The van der Waals surface area contributed by atoms with Gasteiger partial charge in [-0.2, -0.15) is 0 Å². The van der Waals surface area contributed by atoms with Gasteiger partial charge in [-0.25, -0.2) is 0 Å². The Morgan fingerprint density at radius 3 is 2.33 bits per heavy atom. The first-order valence-corrected chi connectivity index (χ1v) is 8.10. The van der Waals surface area contributed by atoms with Crippen LogP contribution in [0.1, 0.15) is 38.5 Å². The van der Waals surface area contributed by atoms with Crippen LogP contribution in [0.2, 0.25) is 0 Å². The molecule has 3 rings (SSSR count). The highest BCUT2D eigenvalue weighted by atomic mass is 32.2. The number of aliphatic hydroxyl groups is 1. The minimum absolute atomic E-state index is 0.102. The normalized spacial score (nSPS) is 36.1.